The Balaban J connectivity index is 2.04. The molecule has 0 saturated heterocycles. The number of nitrogens with zero attached hydrogens (tertiary/aromatic N) is 1. The highest BCUT2D eigenvalue weighted by molar-refractivity contribution is 5.97. The van der Waals surface area contributed by atoms with Gasteiger partial charge in [0.15, 0.2) is 0 Å². The van der Waals surface area contributed by atoms with E-state index in [1.54, 1.807) is 31.2 Å². The van der Waals surface area contributed by atoms with E-state index in [4.69, 9.17) is 5.26 Å². The fourth-order valence-corrected chi connectivity index (χ4v) is 2.13. The summed E-state index contributed by atoms with van der Waals surface area (Å²) in [7, 11) is 0. The second-order valence-corrected chi connectivity index (χ2v) is 5.07. The molecule has 0 aliphatic carbocycles. The topological polar surface area (TPSA) is 64.9 Å². The summed E-state index contributed by atoms with van der Waals surface area (Å²) < 4.78 is 0. The van der Waals surface area contributed by atoms with Crippen LogP contribution in [0.4, 0.5) is 11.4 Å². The molecule has 2 aromatic carbocycles. The summed E-state index contributed by atoms with van der Waals surface area (Å²) in [6.07, 6.45) is 0.950. The van der Waals surface area contributed by atoms with Gasteiger partial charge in [0.1, 0.15) is 12.1 Å². The van der Waals surface area contributed by atoms with Crippen molar-refractivity contribution in [2.75, 3.05) is 10.6 Å². The zero-order chi connectivity index (χ0) is 15.9. The molecule has 4 heteroatoms. The molecule has 0 saturated carbocycles. The van der Waals surface area contributed by atoms with Gasteiger partial charge in [0.05, 0.1) is 11.3 Å². The Hall–Kier alpha value is -2.80. The SMILES string of the molecule is CCc1cccc(N[C@H](C)C(=O)Nc2ccccc2C#N)c1. The number of nitriles is 1. The molecule has 0 fully saturated rings. The van der Waals surface area contributed by atoms with Crippen molar-refractivity contribution in [2.45, 2.75) is 26.3 Å². The molecule has 0 unspecified atom stereocenters. The fraction of sp³-hybridized carbons (Fsp3) is 0.222. The van der Waals surface area contributed by atoms with Crippen LogP contribution in [-0.2, 0) is 11.2 Å². The lowest BCUT2D eigenvalue weighted by Gasteiger charge is -2.16. The first-order valence-corrected chi connectivity index (χ1v) is 7.29. The maximum atomic E-state index is 12.3. The van der Waals surface area contributed by atoms with Crippen LogP contribution < -0.4 is 10.6 Å². The highest BCUT2D eigenvalue weighted by atomic mass is 16.2. The molecule has 0 aliphatic rings. The van der Waals surface area contributed by atoms with Crippen molar-refractivity contribution in [3.8, 4) is 6.07 Å². The number of carbonyl (C=O) groups is 1. The predicted octanol–water partition coefficient (Wildman–Crippen LogP) is 3.56. The minimum atomic E-state index is -0.404. The van der Waals surface area contributed by atoms with E-state index in [-0.39, 0.29) is 5.91 Å². The van der Waals surface area contributed by atoms with E-state index in [0.717, 1.165) is 12.1 Å². The Morgan fingerprint density at radius 2 is 2.00 bits per heavy atom. The summed E-state index contributed by atoms with van der Waals surface area (Å²) in [6, 6.07) is 16.6. The lowest BCUT2D eigenvalue weighted by atomic mass is 10.1. The van der Waals surface area contributed by atoms with Crippen molar-refractivity contribution in [1.29, 1.82) is 5.26 Å². The molecule has 0 spiro atoms. The number of hydrogen-bond acceptors (Lipinski definition) is 3. The number of nitrogens with one attached hydrogen (secondary N) is 2. The first-order valence-electron chi connectivity index (χ1n) is 7.29. The standard InChI is InChI=1S/C18H19N3O/c1-3-14-7-6-9-16(11-14)20-13(2)18(22)21-17-10-5-4-8-15(17)12-19/h4-11,13,20H,3H2,1-2H3,(H,21,22)/t13-/m1/s1. The minimum Gasteiger partial charge on any atom is -0.374 e. The first kappa shape index (κ1) is 15.6. The highest BCUT2D eigenvalue weighted by Crippen LogP contribution is 2.16. The van der Waals surface area contributed by atoms with Gasteiger partial charge in [0.2, 0.25) is 5.91 Å². The van der Waals surface area contributed by atoms with Gasteiger partial charge in [-0.15, -0.1) is 0 Å². The number of amides is 1. The molecule has 112 valence electrons. The number of hydrogen-bond donors (Lipinski definition) is 2. The summed E-state index contributed by atoms with van der Waals surface area (Å²) >= 11 is 0. The molecule has 4 nitrogen and oxygen atoms in total. The Morgan fingerprint density at radius 3 is 2.73 bits per heavy atom. The average Bonchev–Trinajstić information content (AvgIpc) is 2.55. The van der Waals surface area contributed by atoms with Crippen molar-refractivity contribution in [1.82, 2.24) is 0 Å². The van der Waals surface area contributed by atoms with Gasteiger partial charge in [-0.25, -0.2) is 0 Å². The number of aryl methyl sites for hydroxylation is 1. The lowest BCUT2D eigenvalue weighted by Crippen LogP contribution is -2.32. The minimum absolute atomic E-state index is 0.176. The summed E-state index contributed by atoms with van der Waals surface area (Å²) in [5, 5.41) is 15.0. The maximum Gasteiger partial charge on any atom is 0.246 e. The van der Waals surface area contributed by atoms with E-state index in [1.807, 2.05) is 18.2 Å². The van der Waals surface area contributed by atoms with Crippen molar-refractivity contribution >= 4 is 17.3 Å². The molecule has 1 atom stereocenters. The van der Waals surface area contributed by atoms with E-state index in [9.17, 15) is 4.79 Å². The molecule has 0 aromatic heterocycles. The van der Waals surface area contributed by atoms with Crippen LogP contribution in [0.2, 0.25) is 0 Å². The number of para-hydroxylation sites is 1. The molecule has 0 radical (unpaired) electrons. The molecule has 22 heavy (non-hydrogen) atoms. The third-order valence-electron chi connectivity index (χ3n) is 3.42. The van der Waals surface area contributed by atoms with Gasteiger partial charge in [0.25, 0.3) is 0 Å². The first-order chi connectivity index (χ1) is 10.6. The van der Waals surface area contributed by atoms with Crippen LogP contribution in [0.25, 0.3) is 0 Å². The zero-order valence-electron chi connectivity index (χ0n) is 12.8. The van der Waals surface area contributed by atoms with Crippen LogP contribution in [0.15, 0.2) is 48.5 Å². The highest BCUT2D eigenvalue weighted by Gasteiger charge is 2.14. The van der Waals surface area contributed by atoms with E-state index in [1.165, 1.54) is 5.56 Å². The number of rotatable bonds is 5. The molecule has 2 aromatic rings. The van der Waals surface area contributed by atoms with Crippen LogP contribution in [0.3, 0.4) is 0 Å². The van der Waals surface area contributed by atoms with E-state index in [0.29, 0.717) is 11.3 Å². The van der Waals surface area contributed by atoms with Crippen molar-refractivity contribution in [3.05, 3.63) is 59.7 Å². The molecule has 0 bridgehead atoms. The normalized spacial score (nSPS) is 11.3. The quantitative estimate of drug-likeness (QED) is 0.886. The van der Waals surface area contributed by atoms with Gasteiger partial charge in [-0.2, -0.15) is 5.26 Å². The summed E-state index contributed by atoms with van der Waals surface area (Å²) in [5.41, 5.74) is 3.12. The van der Waals surface area contributed by atoms with Gasteiger partial charge >= 0.3 is 0 Å². The van der Waals surface area contributed by atoms with E-state index < -0.39 is 6.04 Å². The third-order valence-corrected chi connectivity index (χ3v) is 3.42. The summed E-state index contributed by atoms with van der Waals surface area (Å²) in [4.78, 5) is 12.3. The third kappa shape index (κ3) is 3.86. The van der Waals surface area contributed by atoms with Crippen molar-refractivity contribution < 1.29 is 4.79 Å². The van der Waals surface area contributed by atoms with E-state index >= 15 is 0 Å². The molecule has 1 amide bonds. The van der Waals surface area contributed by atoms with Crippen LogP contribution in [-0.4, -0.2) is 11.9 Å². The second kappa shape index (κ2) is 7.28. The monoisotopic (exact) mass is 293 g/mol. The summed E-state index contributed by atoms with van der Waals surface area (Å²) in [6.45, 7) is 3.89. The summed E-state index contributed by atoms with van der Waals surface area (Å²) in [5.74, 6) is -0.176. The molecule has 0 aliphatic heterocycles. The van der Waals surface area contributed by atoms with Gasteiger partial charge in [-0.3, -0.25) is 4.79 Å². The van der Waals surface area contributed by atoms with Crippen molar-refractivity contribution in [3.63, 3.8) is 0 Å². The Bertz CT molecular complexity index is 703. The number of carbonyl (C=O) groups excluding carboxylic acids is 1. The average molecular weight is 293 g/mol. The van der Waals surface area contributed by atoms with Gasteiger partial charge in [0, 0.05) is 5.69 Å². The Labute approximate surface area is 130 Å². The van der Waals surface area contributed by atoms with Gasteiger partial charge in [-0.05, 0) is 43.2 Å². The number of anilines is 2. The number of benzene rings is 2. The zero-order valence-corrected chi connectivity index (χ0v) is 12.8. The van der Waals surface area contributed by atoms with Crippen LogP contribution in [0.5, 0.6) is 0 Å². The van der Waals surface area contributed by atoms with Crippen molar-refractivity contribution in [2.24, 2.45) is 0 Å². The maximum absolute atomic E-state index is 12.3. The smallest absolute Gasteiger partial charge is 0.246 e. The van der Waals surface area contributed by atoms with Gasteiger partial charge in [-0.1, -0.05) is 31.2 Å². The predicted molar refractivity (Wildman–Crippen MR) is 88.7 cm³/mol. The van der Waals surface area contributed by atoms with Gasteiger partial charge < -0.3 is 10.6 Å². The molecule has 0 heterocycles. The molecule has 2 N–H and O–H groups in total. The largest absolute Gasteiger partial charge is 0.374 e. The molecular formula is C18H19N3O. The van der Waals surface area contributed by atoms with Crippen LogP contribution in [0.1, 0.15) is 25.0 Å². The van der Waals surface area contributed by atoms with Crippen LogP contribution >= 0.6 is 0 Å². The molecular weight excluding hydrogens is 274 g/mol. The van der Waals surface area contributed by atoms with E-state index in [2.05, 4.69) is 29.7 Å². The Morgan fingerprint density at radius 1 is 1.23 bits per heavy atom. The molecule has 2 rings (SSSR count). The Kier molecular flexibility index (Phi) is 5.16. The fourth-order valence-electron chi connectivity index (χ4n) is 2.13. The lowest BCUT2D eigenvalue weighted by molar-refractivity contribution is -0.116. The second-order valence-electron chi connectivity index (χ2n) is 5.07. The van der Waals surface area contributed by atoms with Crippen LogP contribution in [0, 0.1) is 11.3 Å².